The molecule has 0 spiro atoms. The predicted octanol–water partition coefficient (Wildman–Crippen LogP) is 0.384. The molecule has 1 aromatic heterocycles. The van der Waals surface area contributed by atoms with E-state index >= 15 is 0 Å². The van der Waals surface area contributed by atoms with Gasteiger partial charge in [0.05, 0.1) is 0 Å². The molecule has 0 amide bonds. The summed E-state index contributed by atoms with van der Waals surface area (Å²) in [6.45, 7) is 3.72. The molecule has 0 aromatic carbocycles. The minimum absolute atomic E-state index is 0.0341. The first kappa shape index (κ1) is 12.3. The SMILES string of the molecule is C=CCN(C)S(=O)(=O)c1c(Br)nnn1C. The van der Waals surface area contributed by atoms with Gasteiger partial charge in [0.25, 0.3) is 10.0 Å². The van der Waals surface area contributed by atoms with Gasteiger partial charge in [-0.2, -0.15) is 4.31 Å². The van der Waals surface area contributed by atoms with Crippen LogP contribution in [0.25, 0.3) is 0 Å². The number of likely N-dealkylation sites (N-methyl/N-ethyl adjacent to an activating group) is 1. The molecule has 0 fully saturated rings. The summed E-state index contributed by atoms with van der Waals surface area (Å²) in [5.74, 6) is 0. The largest absolute Gasteiger partial charge is 0.263 e. The Morgan fingerprint density at radius 1 is 1.67 bits per heavy atom. The van der Waals surface area contributed by atoms with Crippen molar-refractivity contribution in [2.45, 2.75) is 5.03 Å². The highest BCUT2D eigenvalue weighted by molar-refractivity contribution is 9.10. The Bertz CT molecular complexity index is 448. The van der Waals surface area contributed by atoms with Crippen LogP contribution in [0.2, 0.25) is 0 Å². The second kappa shape index (κ2) is 4.42. The lowest BCUT2D eigenvalue weighted by atomic mass is 10.6. The monoisotopic (exact) mass is 294 g/mol. The standard InChI is InChI=1S/C7H11BrN4O2S/c1-4-5-11(2)15(13,14)7-6(8)9-10-12(7)3/h4H,1,5H2,2-3H3. The van der Waals surface area contributed by atoms with Crippen molar-refractivity contribution in [1.29, 1.82) is 0 Å². The molecule has 0 N–H and O–H groups in total. The molecule has 1 heterocycles. The molecule has 0 atom stereocenters. The van der Waals surface area contributed by atoms with E-state index in [9.17, 15) is 8.42 Å². The molecule has 8 heteroatoms. The van der Waals surface area contributed by atoms with E-state index in [0.717, 1.165) is 0 Å². The molecule has 15 heavy (non-hydrogen) atoms. The third-order valence-corrected chi connectivity index (χ3v) is 4.49. The van der Waals surface area contributed by atoms with Gasteiger partial charge >= 0.3 is 0 Å². The van der Waals surface area contributed by atoms with Gasteiger partial charge in [0.1, 0.15) is 0 Å². The van der Waals surface area contributed by atoms with E-state index in [4.69, 9.17) is 0 Å². The van der Waals surface area contributed by atoms with E-state index < -0.39 is 10.0 Å². The van der Waals surface area contributed by atoms with Crippen LogP contribution in [0.3, 0.4) is 0 Å². The first-order valence-electron chi connectivity index (χ1n) is 4.03. The van der Waals surface area contributed by atoms with Crippen LogP contribution >= 0.6 is 15.9 Å². The Morgan fingerprint density at radius 2 is 2.27 bits per heavy atom. The Morgan fingerprint density at radius 3 is 2.67 bits per heavy atom. The Labute approximate surface area is 96.8 Å². The van der Waals surface area contributed by atoms with E-state index in [0.29, 0.717) is 0 Å². The van der Waals surface area contributed by atoms with Crippen LogP contribution in [0.4, 0.5) is 0 Å². The molecule has 84 valence electrons. The summed E-state index contributed by atoms with van der Waals surface area (Å²) < 4.78 is 26.5. The molecule has 1 rings (SSSR count). The van der Waals surface area contributed by atoms with E-state index in [1.807, 2.05) is 0 Å². The Balaban J connectivity index is 3.22. The van der Waals surface area contributed by atoms with Gasteiger partial charge in [-0.15, -0.1) is 11.7 Å². The highest BCUT2D eigenvalue weighted by Crippen LogP contribution is 2.20. The maximum absolute atomic E-state index is 12.0. The summed E-state index contributed by atoms with van der Waals surface area (Å²) in [4.78, 5) is 0. The highest BCUT2D eigenvalue weighted by atomic mass is 79.9. The van der Waals surface area contributed by atoms with Crippen LogP contribution in [-0.4, -0.2) is 41.3 Å². The van der Waals surface area contributed by atoms with Crippen molar-refractivity contribution in [3.8, 4) is 0 Å². The molecule has 0 saturated carbocycles. The van der Waals surface area contributed by atoms with Crippen LogP contribution in [0.15, 0.2) is 22.3 Å². The van der Waals surface area contributed by atoms with Crippen LogP contribution in [0.5, 0.6) is 0 Å². The minimum atomic E-state index is -3.57. The molecule has 0 aliphatic rings. The zero-order valence-corrected chi connectivity index (χ0v) is 10.8. The van der Waals surface area contributed by atoms with Crippen LogP contribution in [0, 0.1) is 0 Å². The lowest BCUT2D eigenvalue weighted by molar-refractivity contribution is 0.486. The Hall–Kier alpha value is -0.730. The van der Waals surface area contributed by atoms with E-state index in [-0.39, 0.29) is 16.2 Å². The fourth-order valence-corrected chi connectivity index (χ4v) is 3.19. The summed E-state index contributed by atoms with van der Waals surface area (Å²) in [5.41, 5.74) is 0. The number of sulfonamides is 1. The van der Waals surface area contributed by atoms with Crippen molar-refractivity contribution in [1.82, 2.24) is 19.3 Å². The van der Waals surface area contributed by atoms with Crippen molar-refractivity contribution < 1.29 is 8.42 Å². The number of halogens is 1. The number of aryl methyl sites for hydroxylation is 1. The summed E-state index contributed by atoms with van der Waals surface area (Å²) in [5, 5.41) is 7.27. The fraction of sp³-hybridized carbons (Fsp3) is 0.429. The Kier molecular flexibility index (Phi) is 3.63. The molecular formula is C7H11BrN4O2S. The van der Waals surface area contributed by atoms with E-state index in [1.54, 1.807) is 0 Å². The molecule has 1 aromatic rings. The smallest absolute Gasteiger partial charge is 0.235 e. The number of hydrogen-bond donors (Lipinski definition) is 0. The first-order chi connectivity index (χ1) is 6.91. The lowest BCUT2D eigenvalue weighted by Gasteiger charge is -2.14. The summed E-state index contributed by atoms with van der Waals surface area (Å²) >= 11 is 3.05. The van der Waals surface area contributed by atoms with Crippen molar-refractivity contribution >= 4 is 26.0 Å². The maximum atomic E-state index is 12.0. The van der Waals surface area contributed by atoms with Gasteiger partial charge in [0, 0.05) is 20.6 Å². The highest BCUT2D eigenvalue weighted by Gasteiger charge is 2.27. The van der Waals surface area contributed by atoms with Crippen LogP contribution in [0.1, 0.15) is 0 Å². The van der Waals surface area contributed by atoms with Gasteiger partial charge < -0.3 is 0 Å². The number of hydrogen-bond acceptors (Lipinski definition) is 4. The second-order valence-corrected chi connectivity index (χ2v) is 5.59. The number of nitrogens with zero attached hydrogens (tertiary/aromatic N) is 4. The normalized spacial score (nSPS) is 12.0. The third-order valence-electron chi connectivity index (χ3n) is 1.78. The van der Waals surface area contributed by atoms with Crippen LogP contribution in [-0.2, 0) is 17.1 Å². The van der Waals surface area contributed by atoms with Gasteiger partial charge in [0.15, 0.2) is 4.60 Å². The lowest BCUT2D eigenvalue weighted by Crippen LogP contribution is -2.28. The van der Waals surface area contributed by atoms with Crippen molar-refractivity contribution in [3.63, 3.8) is 0 Å². The fourth-order valence-electron chi connectivity index (χ4n) is 1.02. The second-order valence-electron chi connectivity index (χ2n) is 2.88. The number of rotatable bonds is 4. The van der Waals surface area contributed by atoms with E-state index in [2.05, 4.69) is 32.8 Å². The number of aromatic nitrogens is 3. The minimum Gasteiger partial charge on any atom is -0.235 e. The van der Waals surface area contributed by atoms with Gasteiger partial charge in [-0.25, -0.2) is 13.1 Å². The molecular weight excluding hydrogens is 284 g/mol. The van der Waals surface area contributed by atoms with Crippen molar-refractivity contribution in [2.24, 2.45) is 7.05 Å². The van der Waals surface area contributed by atoms with Crippen molar-refractivity contribution in [2.75, 3.05) is 13.6 Å². The molecule has 0 aliphatic heterocycles. The third kappa shape index (κ3) is 2.27. The van der Waals surface area contributed by atoms with Crippen LogP contribution < -0.4 is 0 Å². The molecule has 0 aliphatic carbocycles. The summed E-state index contributed by atoms with van der Waals surface area (Å²) in [7, 11) is -0.577. The zero-order chi connectivity index (χ0) is 11.6. The average Bonchev–Trinajstić information content (AvgIpc) is 2.46. The summed E-state index contributed by atoms with van der Waals surface area (Å²) in [6, 6.07) is 0. The quantitative estimate of drug-likeness (QED) is 0.753. The molecule has 0 bridgehead atoms. The van der Waals surface area contributed by atoms with Gasteiger partial charge in [0.2, 0.25) is 5.03 Å². The molecule has 0 radical (unpaired) electrons. The van der Waals surface area contributed by atoms with Crippen molar-refractivity contribution in [3.05, 3.63) is 17.3 Å². The molecule has 0 unspecified atom stereocenters. The topological polar surface area (TPSA) is 68.1 Å². The zero-order valence-electron chi connectivity index (χ0n) is 8.38. The van der Waals surface area contributed by atoms with Gasteiger partial charge in [-0.1, -0.05) is 11.3 Å². The first-order valence-corrected chi connectivity index (χ1v) is 6.27. The predicted molar refractivity (Wildman–Crippen MR) is 58.7 cm³/mol. The average molecular weight is 295 g/mol. The maximum Gasteiger partial charge on any atom is 0.263 e. The molecule has 0 saturated heterocycles. The summed E-state index contributed by atoms with van der Waals surface area (Å²) in [6.07, 6.45) is 1.51. The van der Waals surface area contributed by atoms with E-state index in [1.165, 1.54) is 29.2 Å². The van der Waals surface area contributed by atoms with Gasteiger partial charge in [-0.05, 0) is 15.9 Å². The molecule has 6 nitrogen and oxygen atoms in total. The van der Waals surface area contributed by atoms with Gasteiger partial charge in [-0.3, -0.25) is 0 Å².